The van der Waals surface area contributed by atoms with Gasteiger partial charge in [0.25, 0.3) is 0 Å². The first kappa shape index (κ1) is 20.6. The van der Waals surface area contributed by atoms with Crippen molar-refractivity contribution in [1.82, 2.24) is 0 Å². The van der Waals surface area contributed by atoms with Gasteiger partial charge in [-0.1, -0.05) is 30.3 Å². The Hall–Kier alpha value is -1.71. The molecule has 2 aromatic rings. The van der Waals surface area contributed by atoms with E-state index in [1.165, 1.54) is 23.9 Å². The van der Waals surface area contributed by atoms with E-state index in [4.69, 9.17) is 4.74 Å². The molecule has 4 atom stereocenters. The molecule has 5 nitrogen and oxygen atoms in total. The molecule has 0 bridgehead atoms. The zero-order chi connectivity index (χ0) is 20.6. The van der Waals surface area contributed by atoms with Crippen molar-refractivity contribution in [1.29, 1.82) is 0 Å². The zero-order valence-electron chi connectivity index (χ0n) is 15.5. The van der Waals surface area contributed by atoms with Gasteiger partial charge in [0.05, 0.1) is 30.7 Å². The summed E-state index contributed by atoms with van der Waals surface area (Å²) in [6.45, 7) is -2.70. The van der Waals surface area contributed by atoms with Gasteiger partial charge < -0.3 is 24.8 Å². The van der Waals surface area contributed by atoms with Crippen molar-refractivity contribution >= 4 is 11.8 Å². The molecule has 3 N–H and O–H groups in total. The predicted molar refractivity (Wildman–Crippen MR) is 104 cm³/mol. The van der Waals surface area contributed by atoms with Gasteiger partial charge in [-0.2, -0.15) is 8.78 Å². The van der Waals surface area contributed by atoms with Crippen molar-refractivity contribution in [3.05, 3.63) is 64.7 Å². The van der Waals surface area contributed by atoms with Crippen molar-refractivity contribution in [3.63, 3.8) is 0 Å². The summed E-state index contributed by atoms with van der Waals surface area (Å²) in [6, 6.07) is 12.5. The molecule has 0 saturated carbocycles. The third kappa shape index (κ3) is 4.13. The van der Waals surface area contributed by atoms with Crippen LogP contribution in [0.4, 0.5) is 8.78 Å². The van der Waals surface area contributed by atoms with Crippen LogP contribution >= 0.6 is 11.8 Å². The molecule has 4 rings (SSSR count). The van der Waals surface area contributed by atoms with Gasteiger partial charge in [0, 0.05) is 6.42 Å². The Kier molecular flexibility index (Phi) is 5.81. The van der Waals surface area contributed by atoms with Crippen LogP contribution in [-0.2, 0) is 22.7 Å². The average Bonchev–Trinajstić information content (AvgIpc) is 3.03. The number of ether oxygens (including phenoxy) is 2. The van der Waals surface area contributed by atoms with Crippen LogP contribution in [0, 0.1) is 0 Å². The topological polar surface area (TPSA) is 79.2 Å². The Balaban J connectivity index is 1.56. The second-order valence-corrected chi connectivity index (χ2v) is 8.83. The van der Waals surface area contributed by atoms with E-state index in [0.29, 0.717) is 13.0 Å². The molecule has 0 aromatic heterocycles. The summed E-state index contributed by atoms with van der Waals surface area (Å²) in [5.41, 5.74) is 3.92. The predicted octanol–water partition coefficient (Wildman–Crippen LogP) is 2.78. The van der Waals surface area contributed by atoms with Crippen molar-refractivity contribution in [2.75, 3.05) is 6.61 Å². The van der Waals surface area contributed by atoms with E-state index in [0.717, 1.165) is 22.3 Å². The highest BCUT2D eigenvalue weighted by atomic mass is 32.2. The first-order valence-electron chi connectivity index (χ1n) is 9.35. The first-order chi connectivity index (χ1) is 13.9. The van der Waals surface area contributed by atoms with Crippen LogP contribution in [0.2, 0.25) is 0 Å². The van der Waals surface area contributed by atoms with Gasteiger partial charge >= 0.3 is 6.61 Å². The molecular formula is C21H22F2O5S. The van der Waals surface area contributed by atoms with Gasteiger partial charge in [-0.15, -0.1) is 11.8 Å². The standard InChI is InChI=1S/C21H22F2O5S/c22-20(23)28-15-5-2-12(3-6-15)7-13-1-4-14-11-27-21(16(14)8-13)9-17(25)19(26)18(10-24)29-21/h1-6,8,17-20,24-26H,7,9-11H2/t17-,18-,19+,21-/m1/s1. The Bertz CT molecular complexity index is 863. The highest BCUT2D eigenvalue weighted by molar-refractivity contribution is 8.00. The van der Waals surface area contributed by atoms with E-state index < -0.39 is 29.0 Å². The van der Waals surface area contributed by atoms with Crippen LogP contribution < -0.4 is 4.74 Å². The largest absolute Gasteiger partial charge is 0.435 e. The highest BCUT2D eigenvalue weighted by Gasteiger charge is 2.51. The molecule has 156 valence electrons. The number of thioether (sulfide) groups is 1. The molecular weight excluding hydrogens is 402 g/mol. The lowest BCUT2D eigenvalue weighted by molar-refractivity contribution is -0.0618. The maximum Gasteiger partial charge on any atom is 0.387 e. The molecule has 0 aliphatic carbocycles. The van der Waals surface area contributed by atoms with E-state index in [9.17, 15) is 24.1 Å². The number of hydrogen-bond donors (Lipinski definition) is 3. The minimum atomic E-state index is -2.85. The number of rotatable bonds is 5. The van der Waals surface area contributed by atoms with Gasteiger partial charge in [-0.05, 0) is 40.8 Å². The van der Waals surface area contributed by atoms with Crippen LogP contribution in [0.5, 0.6) is 5.75 Å². The maximum atomic E-state index is 12.3. The minimum absolute atomic E-state index is 0.117. The Morgan fingerprint density at radius 2 is 1.86 bits per heavy atom. The van der Waals surface area contributed by atoms with Crippen molar-refractivity contribution < 1.29 is 33.6 Å². The SMILES string of the molecule is OC[C@H]1S[C@@]2(C[C@@H](O)[C@@H]1O)OCc1ccc(Cc3ccc(OC(F)F)cc3)cc12. The molecule has 1 fully saturated rings. The number of hydrogen-bond acceptors (Lipinski definition) is 6. The average molecular weight is 424 g/mol. The molecule has 0 radical (unpaired) electrons. The van der Waals surface area contributed by atoms with Gasteiger partial charge in [-0.3, -0.25) is 0 Å². The third-order valence-corrected chi connectivity index (χ3v) is 6.99. The van der Waals surface area contributed by atoms with E-state index in [1.807, 2.05) is 18.2 Å². The Morgan fingerprint density at radius 3 is 2.55 bits per heavy atom. The van der Waals surface area contributed by atoms with Crippen LogP contribution in [0.15, 0.2) is 42.5 Å². The Morgan fingerprint density at radius 1 is 1.14 bits per heavy atom. The zero-order valence-corrected chi connectivity index (χ0v) is 16.3. The number of aliphatic hydroxyl groups excluding tert-OH is 3. The lowest BCUT2D eigenvalue weighted by atomic mass is 9.93. The molecule has 2 aliphatic rings. The molecule has 2 heterocycles. The van der Waals surface area contributed by atoms with Crippen molar-refractivity contribution in [3.8, 4) is 5.75 Å². The van der Waals surface area contributed by atoms with Crippen LogP contribution in [0.25, 0.3) is 0 Å². The van der Waals surface area contributed by atoms with Crippen LogP contribution in [-0.4, -0.2) is 46.0 Å². The number of aliphatic hydroxyl groups is 3. The quantitative estimate of drug-likeness (QED) is 0.685. The second-order valence-electron chi connectivity index (χ2n) is 7.33. The summed E-state index contributed by atoms with van der Waals surface area (Å²) in [7, 11) is 0. The minimum Gasteiger partial charge on any atom is -0.435 e. The molecule has 1 saturated heterocycles. The summed E-state index contributed by atoms with van der Waals surface area (Å²) in [6.07, 6.45) is -1.14. The smallest absolute Gasteiger partial charge is 0.387 e. The number of alkyl halides is 2. The lowest BCUT2D eigenvalue weighted by Gasteiger charge is -2.42. The summed E-state index contributed by atoms with van der Waals surface area (Å²) in [4.78, 5) is -0.799. The van der Waals surface area contributed by atoms with E-state index in [2.05, 4.69) is 4.74 Å². The fourth-order valence-corrected chi connectivity index (χ4v) is 5.52. The second kappa shape index (κ2) is 8.20. The fraction of sp³-hybridized carbons (Fsp3) is 0.429. The summed E-state index contributed by atoms with van der Waals surface area (Å²) in [5.74, 6) is 0.117. The number of fused-ring (bicyclic) bond motifs is 2. The van der Waals surface area contributed by atoms with Gasteiger partial charge in [0.1, 0.15) is 10.7 Å². The first-order valence-corrected chi connectivity index (χ1v) is 10.2. The molecule has 8 heteroatoms. The summed E-state index contributed by atoms with van der Waals surface area (Å²) >= 11 is 1.35. The van der Waals surface area contributed by atoms with Crippen molar-refractivity contribution in [2.24, 2.45) is 0 Å². The molecule has 29 heavy (non-hydrogen) atoms. The molecule has 0 unspecified atom stereocenters. The van der Waals surface area contributed by atoms with Crippen molar-refractivity contribution in [2.45, 2.75) is 48.5 Å². The van der Waals surface area contributed by atoms with Gasteiger partial charge in [0.15, 0.2) is 0 Å². The van der Waals surface area contributed by atoms with Crippen LogP contribution in [0.3, 0.4) is 0 Å². The number of halogens is 2. The lowest BCUT2D eigenvalue weighted by Crippen LogP contribution is -2.48. The maximum absolute atomic E-state index is 12.3. The third-order valence-electron chi connectivity index (χ3n) is 5.38. The van der Waals surface area contributed by atoms with Gasteiger partial charge in [0.2, 0.25) is 0 Å². The molecule has 1 spiro atoms. The highest BCUT2D eigenvalue weighted by Crippen LogP contribution is 2.54. The Labute approximate surface area is 171 Å². The van der Waals surface area contributed by atoms with E-state index in [-0.39, 0.29) is 18.8 Å². The van der Waals surface area contributed by atoms with Crippen LogP contribution in [0.1, 0.15) is 28.7 Å². The molecule has 2 aromatic carbocycles. The molecule has 0 amide bonds. The van der Waals surface area contributed by atoms with E-state index >= 15 is 0 Å². The normalized spacial score (nSPS) is 28.7. The number of benzene rings is 2. The summed E-state index contributed by atoms with van der Waals surface area (Å²) < 4.78 is 35.0. The monoisotopic (exact) mass is 424 g/mol. The fourth-order valence-electron chi connectivity index (χ4n) is 3.93. The van der Waals surface area contributed by atoms with E-state index in [1.54, 1.807) is 12.1 Å². The van der Waals surface area contributed by atoms with Gasteiger partial charge in [-0.25, -0.2) is 0 Å². The summed E-state index contributed by atoms with van der Waals surface area (Å²) in [5, 5.41) is 29.5. The molecule has 2 aliphatic heterocycles.